The number of halogens is 2. The van der Waals surface area contributed by atoms with Gasteiger partial charge in [-0.1, -0.05) is 13.8 Å². The lowest BCUT2D eigenvalue weighted by molar-refractivity contribution is 0.336. The van der Waals surface area contributed by atoms with E-state index in [2.05, 4.69) is 53.6 Å². The van der Waals surface area contributed by atoms with Gasteiger partial charge in [-0.15, -0.1) is 0 Å². The number of nitrogens with zero attached hydrogens (tertiary/aromatic N) is 1. The molecule has 0 aromatic heterocycles. The van der Waals surface area contributed by atoms with Crippen LogP contribution in [-0.4, -0.2) is 25.2 Å². The first kappa shape index (κ1) is 14.1. The summed E-state index contributed by atoms with van der Waals surface area (Å²) in [6, 6.07) is 6.00. The summed E-state index contributed by atoms with van der Waals surface area (Å²) >= 11 is 2.22. The molecule has 1 aliphatic rings. The summed E-state index contributed by atoms with van der Waals surface area (Å²) in [6.45, 7) is 8.66. The first-order valence-corrected chi connectivity index (χ1v) is 7.52. The molecule has 100 valence electrons. The van der Waals surface area contributed by atoms with E-state index in [-0.39, 0.29) is 5.82 Å². The first-order valence-electron chi connectivity index (χ1n) is 6.44. The molecule has 1 aromatic rings. The van der Waals surface area contributed by atoms with Crippen LogP contribution in [0.15, 0.2) is 18.2 Å². The zero-order valence-corrected chi connectivity index (χ0v) is 13.2. The molecule has 2 unspecified atom stereocenters. The number of anilines is 1. The second kappa shape index (κ2) is 5.74. The highest BCUT2D eigenvalue weighted by atomic mass is 127. The fourth-order valence-corrected chi connectivity index (χ4v) is 3.17. The molecule has 18 heavy (non-hydrogen) atoms. The summed E-state index contributed by atoms with van der Waals surface area (Å²) < 4.78 is 14.2. The Morgan fingerprint density at radius 3 is 2.78 bits per heavy atom. The van der Waals surface area contributed by atoms with Crippen molar-refractivity contribution in [3.05, 3.63) is 27.6 Å². The molecule has 2 rings (SSSR count). The highest BCUT2D eigenvalue weighted by Crippen LogP contribution is 2.27. The van der Waals surface area contributed by atoms with Gasteiger partial charge in [0.25, 0.3) is 0 Å². The highest BCUT2D eigenvalue weighted by molar-refractivity contribution is 14.1. The van der Waals surface area contributed by atoms with E-state index >= 15 is 0 Å². The largest absolute Gasteiger partial charge is 0.365 e. The Hall–Kier alpha value is -0.360. The quantitative estimate of drug-likeness (QED) is 0.813. The third-order valence-electron chi connectivity index (χ3n) is 3.62. The lowest BCUT2D eigenvalue weighted by Gasteiger charge is -2.42. The standard InChI is InChI=1S/C14H20FIN2/c1-9(2)13-8-18(10(3)7-17-13)14-5-4-11(15)6-12(14)16/h4-6,9-10,13,17H,7-8H2,1-3H3. The molecule has 0 bridgehead atoms. The van der Waals surface area contributed by atoms with Crippen LogP contribution in [0.25, 0.3) is 0 Å². The maximum Gasteiger partial charge on any atom is 0.124 e. The van der Waals surface area contributed by atoms with Gasteiger partial charge in [0.05, 0.1) is 5.69 Å². The average Bonchev–Trinajstić information content (AvgIpc) is 2.30. The Labute approximate surface area is 122 Å². The fourth-order valence-electron chi connectivity index (χ4n) is 2.39. The Morgan fingerprint density at radius 1 is 1.44 bits per heavy atom. The minimum absolute atomic E-state index is 0.161. The number of hydrogen-bond donors (Lipinski definition) is 1. The van der Waals surface area contributed by atoms with Gasteiger partial charge in [0.1, 0.15) is 5.82 Å². The van der Waals surface area contributed by atoms with Crippen molar-refractivity contribution in [1.29, 1.82) is 0 Å². The monoisotopic (exact) mass is 362 g/mol. The molecule has 0 radical (unpaired) electrons. The van der Waals surface area contributed by atoms with Gasteiger partial charge in [-0.2, -0.15) is 0 Å². The van der Waals surface area contributed by atoms with E-state index in [0.29, 0.717) is 18.0 Å². The van der Waals surface area contributed by atoms with E-state index in [1.54, 1.807) is 12.1 Å². The first-order chi connectivity index (χ1) is 8.49. The van der Waals surface area contributed by atoms with Gasteiger partial charge in [0.2, 0.25) is 0 Å². The van der Waals surface area contributed by atoms with E-state index in [1.165, 1.54) is 0 Å². The molecule has 0 spiro atoms. The average molecular weight is 362 g/mol. The molecule has 0 saturated carbocycles. The van der Waals surface area contributed by atoms with Crippen molar-refractivity contribution >= 4 is 28.3 Å². The van der Waals surface area contributed by atoms with Gasteiger partial charge in [-0.3, -0.25) is 0 Å². The van der Waals surface area contributed by atoms with Crippen LogP contribution in [0.1, 0.15) is 20.8 Å². The molecule has 0 aliphatic carbocycles. The van der Waals surface area contributed by atoms with Gasteiger partial charge in [0, 0.05) is 28.7 Å². The van der Waals surface area contributed by atoms with Crippen molar-refractivity contribution in [2.24, 2.45) is 5.92 Å². The second-order valence-electron chi connectivity index (χ2n) is 5.36. The van der Waals surface area contributed by atoms with Gasteiger partial charge in [-0.25, -0.2) is 4.39 Å². The Bertz CT molecular complexity index is 422. The topological polar surface area (TPSA) is 15.3 Å². The van der Waals surface area contributed by atoms with Crippen molar-refractivity contribution in [2.75, 3.05) is 18.0 Å². The molecule has 2 atom stereocenters. The van der Waals surface area contributed by atoms with E-state index in [4.69, 9.17) is 0 Å². The van der Waals surface area contributed by atoms with Crippen molar-refractivity contribution in [3.63, 3.8) is 0 Å². The molecule has 1 fully saturated rings. The van der Waals surface area contributed by atoms with Crippen molar-refractivity contribution < 1.29 is 4.39 Å². The van der Waals surface area contributed by atoms with Crippen LogP contribution in [-0.2, 0) is 0 Å². The minimum atomic E-state index is -0.161. The molecule has 1 saturated heterocycles. The van der Waals surface area contributed by atoms with Crippen LogP contribution in [0.5, 0.6) is 0 Å². The highest BCUT2D eigenvalue weighted by Gasteiger charge is 2.27. The molecule has 1 aromatic carbocycles. The SMILES string of the molecule is CC(C)C1CN(c2ccc(F)cc2I)C(C)CN1. The van der Waals surface area contributed by atoms with Crippen molar-refractivity contribution in [1.82, 2.24) is 5.32 Å². The molecule has 4 heteroatoms. The van der Waals surface area contributed by atoms with Crippen LogP contribution in [0.2, 0.25) is 0 Å². The van der Waals surface area contributed by atoms with Gasteiger partial charge in [-0.05, 0) is 53.6 Å². The molecule has 0 amide bonds. The van der Waals surface area contributed by atoms with E-state index in [9.17, 15) is 4.39 Å². The minimum Gasteiger partial charge on any atom is -0.365 e. The summed E-state index contributed by atoms with van der Waals surface area (Å²) in [7, 11) is 0. The Morgan fingerprint density at radius 2 is 2.17 bits per heavy atom. The van der Waals surface area contributed by atoms with Crippen LogP contribution >= 0.6 is 22.6 Å². The van der Waals surface area contributed by atoms with E-state index < -0.39 is 0 Å². The van der Waals surface area contributed by atoms with Crippen LogP contribution in [0, 0.1) is 15.3 Å². The van der Waals surface area contributed by atoms with Crippen molar-refractivity contribution in [2.45, 2.75) is 32.9 Å². The molecular formula is C14H20FIN2. The molecule has 2 nitrogen and oxygen atoms in total. The number of benzene rings is 1. The lowest BCUT2D eigenvalue weighted by atomic mass is 9.99. The molecule has 1 aliphatic heterocycles. The van der Waals surface area contributed by atoms with Crippen LogP contribution in [0.4, 0.5) is 10.1 Å². The smallest absolute Gasteiger partial charge is 0.124 e. The predicted octanol–water partition coefficient (Wildman–Crippen LogP) is 3.25. The zero-order chi connectivity index (χ0) is 13.3. The summed E-state index contributed by atoms with van der Waals surface area (Å²) in [5, 5.41) is 3.58. The van der Waals surface area contributed by atoms with Gasteiger partial charge in [0.15, 0.2) is 0 Å². The summed E-state index contributed by atoms with van der Waals surface area (Å²) in [5.74, 6) is 0.449. The van der Waals surface area contributed by atoms with Crippen LogP contribution < -0.4 is 10.2 Å². The molecular weight excluding hydrogens is 342 g/mol. The van der Waals surface area contributed by atoms with Gasteiger partial charge < -0.3 is 10.2 Å². The van der Waals surface area contributed by atoms with Gasteiger partial charge >= 0.3 is 0 Å². The lowest BCUT2D eigenvalue weighted by Crippen LogP contribution is -2.57. The van der Waals surface area contributed by atoms with Crippen LogP contribution in [0.3, 0.4) is 0 Å². The number of hydrogen-bond acceptors (Lipinski definition) is 2. The maximum atomic E-state index is 13.2. The number of nitrogens with one attached hydrogen (secondary N) is 1. The third-order valence-corrected chi connectivity index (χ3v) is 4.49. The Balaban J connectivity index is 2.24. The van der Waals surface area contributed by atoms with E-state index in [0.717, 1.165) is 22.3 Å². The third kappa shape index (κ3) is 2.96. The Kier molecular flexibility index (Phi) is 4.48. The van der Waals surface area contributed by atoms with Crippen molar-refractivity contribution in [3.8, 4) is 0 Å². The number of piperazine rings is 1. The summed E-state index contributed by atoms with van der Waals surface area (Å²) in [5.41, 5.74) is 1.15. The molecule has 1 N–H and O–H groups in total. The van der Waals surface area contributed by atoms with E-state index in [1.807, 2.05) is 6.07 Å². The summed E-state index contributed by atoms with van der Waals surface area (Å²) in [6.07, 6.45) is 0. The normalized spacial score (nSPS) is 24.7. The predicted molar refractivity (Wildman–Crippen MR) is 82.6 cm³/mol. The molecule has 1 heterocycles. The summed E-state index contributed by atoms with van der Waals surface area (Å²) in [4.78, 5) is 2.39. The maximum absolute atomic E-state index is 13.2. The number of rotatable bonds is 2. The zero-order valence-electron chi connectivity index (χ0n) is 11.1. The fraction of sp³-hybridized carbons (Fsp3) is 0.571. The second-order valence-corrected chi connectivity index (χ2v) is 6.52.